The van der Waals surface area contributed by atoms with Gasteiger partial charge in [-0.15, -0.1) is 0 Å². The summed E-state index contributed by atoms with van der Waals surface area (Å²) in [6, 6.07) is 9.73. The number of amides is 1. The van der Waals surface area contributed by atoms with Crippen LogP contribution < -0.4 is 9.62 Å². The first-order chi connectivity index (χ1) is 13.0. The van der Waals surface area contributed by atoms with Crippen LogP contribution in [0.1, 0.15) is 38.8 Å². The molecule has 2 aromatic rings. The smallest absolute Gasteiger partial charge is 0.338 e. The normalized spacial score (nSPS) is 11.0. The van der Waals surface area contributed by atoms with Gasteiger partial charge in [0, 0.05) is 18.3 Å². The van der Waals surface area contributed by atoms with E-state index < -0.39 is 16.0 Å². The van der Waals surface area contributed by atoms with Crippen molar-refractivity contribution in [2.75, 3.05) is 29.5 Å². The van der Waals surface area contributed by atoms with Gasteiger partial charge in [0.25, 0.3) is 5.91 Å². The van der Waals surface area contributed by atoms with Gasteiger partial charge in [-0.3, -0.25) is 9.10 Å². The van der Waals surface area contributed by atoms with Gasteiger partial charge in [-0.1, -0.05) is 6.07 Å². The molecule has 0 aromatic heterocycles. The maximum atomic E-state index is 12.7. The van der Waals surface area contributed by atoms with Crippen LogP contribution in [0, 0.1) is 13.8 Å². The summed E-state index contributed by atoms with van der Waals surface area (Å²) in [5.41, 5.74) is 3.16. The third kappa shape index (κ3) is 4.89. The Morgan fingerprint density at radius 1 is 1.04 bits per heavy atom. The van der Waals surface area contributed by atoms with Gasteiger partial charge in [-0.2, -0.15) is 0 Å². The van der Waals surface area contributed by atoms with Crippen LogP contribution in [0.3, 0.4) is 0 Å². The van der Waals surface area contributed by atoms with E-state index in [9.17, 15) is 18.0 Å². The number of rotatable bonds is 6. The molecule has 0 fully saturated rings. The van der Waals surface area contributed by atoms with E-state index in [-0.39, 0.29) is 12.5 Å². The van der Waals surface area contributed by atoms with Crippen LogP contribution in [-0.4, -0.2) is 40.2 Å². The Bertz CT molecular complexity index is 1020. The largest absolute Gasteiger partial charge is 0.462 e. The zero-order valence-corrected chi connectivity index (χ0v) is 17.4. The second kappa shape index (κ2) is 8.43. The number of hydrogen-bond donors (Lipinski definition) is 1. The molecule has 8 heteroatoms. The minimum absolute atomic E-state index is 0.286. The Labute approximate surface area is 165 Å². The highest BCUT2D eigenvalue weighted by atomic mass is 32.2. The van der Waals surface area contributed by atoms with Crippen molar-refractivity contribution in [3.8, 4) is 0 Å². The topological polar surface area (TPSA) is 92.8 Å². The standard InChI is InChI=1S/C20H24N2O5S/c1-6-27-20(24)16-9-10-17(14(3)11-16)21-19(23)15-8-7-13(2)18(12-15)22(4)28(5,25)26/h7-12H,6H2,1-5H3,(H,21,23). The van der Waals surface area contributed by atoms with Gasteiger partial charge in [0.2, 0.25) is 10.0 Å². The number of carbonyl (C=O) groups excluding carboxylic acids is 2. The molecule has 0 radical (unpaired) electrons. The summed E-state index contributed by atoms with van der Waals surface area (Å²) >= 11 is 0. The van der Waals surface area contributed by atoms with Crippen molar-refractivity contribution in [3.63, 3.8) is 0 Å². The number of hydrogen-bond acceptors (Lipinski definition) is 5. The quantitative estimate of drug-likeness (QED) is 0.747. The third-order valence-corrected chi connectivity index (χ3v) is 5.49. The molecule has 0 atom stereocenters. The molecule has 2 rings (SSSR count). The van der Waals surface area contributed by atoms with E-state index in [0.29, 0.717) is 28.1 Å². The first kappa shape index (κ1) is 21.4. The summed E-state index contributed by atoms with van der Waals surface area (Å²) in [6.45, 7) is 5.57. The van der Waals surface area contributed by atoms with E-state index in [0.717, 1.165) is 16.1 Å². The number of nitrogens with one attached hydrogen (secondary N) is 1. The molecule has 1 amide bonds. The van der Waals surface area contributed by atoms with Gasteiger partial charge >= 0.3 is 5.97 Å². The Morgan fingerprint density at radius 2 is 1.68 bits per heavy atom. The fraction of sp³-hybridized carbons (Fsp3) is 0.300. The van der Waals surface area contributed by atoms with Crippen LogP contribution in [-0.2, 0) is 14.8 Å². The lowest BCUT2D eigenvalue weighted by molar-refractivity contribution is 0.0526. The number of esters is 1. The molecule has 1 N–H and O–H groups in total. The van der Waals surface area contributed by atoms with E-state index in [1.165, 1.54) is 13.1 Å². The predicted octanol–water partition coefficient (Wildman–Crippen LogP) is 3.13. The third-order valence-electron chi connectivity index (χ3n) is 4.29. The number of benzene rings is 2. The van der Waals surface area contributed by atoms with Crippen LogP contribution in [0.25, 0.3) is 0 Å². The van der Waals surface area contributed by atoms with E-state index in [1.54, 1.807) is 51.1 Å². The Balaban J connectivity index is 2.27. The maximum absolute atomic E-state index is 12.7. The first-order valence-electron chi connectivity index (χ1n) is 8.68. The number of aryl methyl sites for hydroxylation is 2. The van der Waals surface area contributed by atoms with E-state index in [1.807, 2.05) is 0 Å². The summed E-state index contributed by atoms with van der Waals surface area (Å²) in [4.78, 5) is 24.5. The Morgan fingerprint density at radius 3 is 2.25 bits per heavy atom. The summed E-state index contributed by atoms with van der Waals surface area (Å²) < 4.78 is 29.7. The monoisotopic (exact) mass is 404 g/mol. The Kier molecular flexibility index (Phi) is 6.45. The highest BCUT2D eigenvalue weighted by Crippen LogP contribution is 2.24. The van der Waals surface area contributed by atoms with Crippen molar-refractivity contribution >= 4 is 33.3 Å². The lowest BCUT2D eigenvalue weighted by atomic mass is 10.1. The molecular weight excluding hydrogens is 380 g/mol. The zero-order valence-electron chi connectivity index (χ0n) is 16.6. The van der Waals surface area contributed by atoms with Crippen molar-refractivity contribution < 1.29 is 22.7 Å². The molecule has 28 heavy (non-hydrogen) atoms. The maximum Gasteiger partial charge on any atom is 0.338 e. The average molecular weight is 404 g/mol. The molecule has 0 aliphatic rings. The van der Waals surface area contributed by atoms with Gasteiger partial charge in [0.05, 0.1) is 24.1 Å². The minimum atomic E-state index is -3.45. The number of anilines is 2. The second-order valence-corrected chi connectivity index (χ2v) is 8.45. The van der Waals surface area contributed by atoms with Gasteiger partial charge in [0.15, 0.2) is 0 Å². The lowest BCUT2D eigenvalue weighted by Gasteiger charge is -2.20. The molecule has 0 bridgehead atoms. The molecule has 2 aromatic carbocycles. The van der Waals surface area contributed by atoms with Crippen LogP contribution in [0.2, 0.25) is 0 Å². The molecule has 150 valence electrons. The fourth-order valence-corrected chi connectivity index (χ4v) is 3.16. The Hall–Kier alpha value is -2.87. The highest BCUT2D eigenvalue weighted by Gasteiger charge is 2.17. The molecular formula is C20H24N2O5S. The van der Waals surface area contributed by atoms with Crippen molar-refractivity contribution in [3.05, 3.63) is 58.7 Å². The van der Waals surface area contributed by atoms with Crippen LogP contribution >= 0.6 is 0 Å². The van der Waals surface area contributed by atoms with E-state index in [2.05, 4.69) is 5.32 Å². The molecule has 0 aliphatic carbocycles. The van der Waals surface area contributed by atoms with Gasteiger partial charge in [-0.25, -0.2) is 13.2 Å². The van der Waals surface area contributed by atoms with Gasteiger partial charge < -0.3 is 10.1 Å². The lowest BCUT2D eigenvalue weighted by Crippen LogP contribution is -2.26. The SMILES string of the molecule is CCOC(=O)c1ccc(NC(=O)c2ccc(C)c(N(C)S(C)(=O)=O)c2)c(C)c1. The molecule has 0 unspecified atom stereocenters. The number of carbonyl (C=O) groups is 2. The second-order valence-electron chi connectivity index (χ2n) is 6.44. The summed E-state index contributed by atoms with van der Waals surface area (Å²) in [5, 5.41) is 2.79. The molecule has 0 saturated heterocycles. The van der Waals surface area contributed by atoms with E-state index >= 15 is 0 Å². The summed E-state index contributed by atoms with van der Waals surface area (Å²) in [5.74, 6) is -0.800. The summed E-state index contributed by atoms with van der Waals surface area (Å²) in [6.07, 6.45) is 1.10. The highest BCUT2D eigenvalue weighted by molar-refractivity contribution is 7.92. The van der Waals surface area contributed by atoms with Crippen LogP contribution in [0.5, 0.6) is 0 Å². The van der Waals surface area contributed by atoms with Gasteiger partial charge in [0.1, 0.15) is 0 Å². The van der Waals surface area contributed by atoms with Crippen molar-refractivity contribution in [1.29, 1.82) is 0 Å². The molecule has 0 saturated carbocycles. The first-order valence-corrected chi connectivity index (χ1v) is 10.5. The molecule has 0 heterocycles. The van der Waals surface area contributed by atoms with E-state index in [4.69, 9.17) is 4.74 Å². The number of nitrogens with zero attached hydrogens (tertiary/aromatic N) is 1. The number of sulfonamides is 1. The molecule has 0 aliphatic heterocycles. The zero-order chi connectivity index (χ0) is 21.1. The van der Waals surface area contributed by atoms with Crippen molar-refractivity contribution in [2.45, 2.75) is 20.8 Å². The molecule has 0 spiro atoms. The van der Waals surface area contributed by atoms with Crippen molar-refractivity contribution in [1.82, 2.24) is 0 Å². The van der Waals surface area contributed by atoms with Gasteiger partial charge in [-0.05, 0) is 62.2 Å². The minimum Gasteiger partial charge on any atom is -0.462 e. The fourth-order valence-electron chi connectivity index (χ4n) is 2.61. The average Bonchev–Trinajstić information content (AvgIpc) is 2.62. The number of ether oxygens (including phenoxy) is 1. The van der Waals surface area contributed by atoms with Crippen LogP contribution in [0.4, 0.5) is 11.4 Å². The van der Waals surface area contributed by atoms with Crippen LogP contribution in [0.15, 0.2) is 36.4 Å². The summed E-state index contributed by atoms with van der Waals surface area (Å²) in [7, 11) is -2.00. The van der Waals surface area contributed by atoms with Crippen molar-refractivity contribution in [2.24, 2.45) is 0 Å². The predicted molar refractivity (Wildman–Crippen MR) is 110 cm³/mol. The molecule has 7 nitrogen and oxygen atoms in total.